The molecule has 1 aromatic carbocycles. The van der Waals surface area contributed by atoms with Gasteiger partial charge in [0.15, 0.2) is 0 Å². The third-order valence-corrected chi connectivity index (χ3v) is 3.09. The van der Waals surface area contributed by atoms with Crippen molar-refractivity contribution in [2.75, 3.05) is 11.4 Å². The Kier molecular flexibility index (Phi) is 4.57. The van der Waals surface area contributed by atoms with E-state index in [1.807, 2.05) is 0 Å². The third kappa shape index (κ3) is 3.39. The largest absolute Gasteiger partial charge is 0.508 e. The first-order valence-corrected chi connectivity index (χ1v) is 6.57. The van der Waals surface area contributed by atoms with Crippen molar-refractivity contribution in [2.45, 2.75) is 19.9 Å². The van der Waals surface area contributed by atoms with Gasteiger partial charge in [-0.05, 0) is 31.2 Å². The Labute approximate surface area is 121 Å². The van der Waals surface area contributed by atoms with Gasteiger partial charge in [-0.1, -0.05) is 6.07 Å². The van der Waals surface area contributed by atoms with Gasteiger partial charge in [-0.2, -0.15) is 0 Å². The van der Waals surface area contributed by atoms with Crippen LogP contribution in [0.5, 0.6) is 5.75 Å². The maximum absolute atomic E-state index is 12.5. The van der Waals surface area contributed by atoms with Crippen LogP contribution in [0.3, 0.4) is 0 Å². The number of benzene rings is 1. The lowest BCUT2D eigenvalue weighted by atomic mass is 10.2. The second-order valence-electron chi connectivity index (χ2n) is 4.51. The Morgan fingerprint density at radius 2 is 2.10 bits per heavy atom. The van der Waals surface area contributed by atoms with E-state index in [9.17, 15) is 18.7 Å². The number of anilines is 1. The second kappa shape index (κ2) is 6.39. The Hall–Kier alpha value is -2.37. The Balaban J connectivity index is 2.31. The lowest BCUT2D eigenvalue weighted by Gasteiger charge is -2.22. The maximum Gasteiger partial charge on any atom is 0.274 e. The van der Waals surface area contributed by atoms with Gasteiger partial charge in [0.1, 0.15) is 11.4 Å². The molecule has 0 aliphatic heterocycles. The van der Waals surface area contributed by atoms with Gasteiger partial charge >= 0.3 is 0 Å². The summed E-state index contributed by atoms with van der Waals surface area (Å²) in [5.74, 6) is -0.338. The van der Waals surface area contributed by atoms with Gasteiger partial charge in [-0.3, -0.25) is 4.79 Å². The van der Waals surface area contributed by atoms with E-state index in [1.54, 1.807) is 25.1 Å². The van der Waals surface area contributed by atoms with E-state index in [1.165, 1.54) is 33.9 Å². The van der Waals surface area contributed by atoms with Gasteiger partial charge in [0.2, 0.25) is 0 Å². The summed E-state index contributed by atoms with van der Waals surface area (Å²) in [6.45, 7) is 1.62. The van der Waals surface area contributed by atoms with Crippen molar-refractivity contribution in [1.29, 1.82) is 0 Å². The van der Waals surface area contributed by atoms with Crippen molar-refractivity contribution >= 4 is 11.6 Å². The van der Waals surface area contributed by atoms with Crippen LogP contribution in [-0.2, 0) is 6.54 Å². The normalized spacial score (nSPS) is 10.9. The van der Waals surface area contributed by atoms with Crippen LogP contribution in [0.25, 0.3) is 0 Å². The standard InChI is InChI=1S/C15H16F2N2O2/c1-2-19(11-5-3-6-12(20)9-11)15(21)13-7-4-8-18(13)10-14(16)17/h3-9,14,20H,2,10H2,1H3. The molecule has 21 heavy (non-hydrogen) atoms. The lowest BCUT2D eigenvalue weighted by Crippen LogP contribution is -2.32. The molecule has 2 rings (SSSR count). The van der Waals surface area contributed by atoms with Crippen LogP contribution in [0, 0.1) is 0 Å². The van der Waals surface area contributed by atoms with Gasteiger partial charge in [0.05, 0.1) is 6.54 Å². The van der Waals surface area contributed by atoms with Crippen molar-refractivity contribution in [3.8, 4) is 5.75 Å². The fourth-order valence-electron chi connectivity index (χ4n) is 2.16. The highest BCUT2D eigenvalue weighted by molar-refractivity contribution is 6.05. The molecule has 0 atom stereocenters. The molecule has 2 aromatic rings. The number of aromatic nitrogens is 1. The van der Waals surface area contributed by atoms with E-state index in [0.717, 1.165) is 0 Å². The average molecular weight is 294 g/mol. The highest BCUT2D eigenvalue weighted by Gasteiger charge is 2.20. The minimum atomic E-state index is -2.53. The van der Waals surface area contributed by atoms with Gasteiger partial charge in [0.25, 0.3) is 12.3 Å². The quantitative estimate of drug-likeness (QED) is 0.921. The summed E-state index contributed by atoms with van der Waals surface area (Å²) < 4.78 is 26.3. The average Bonchev–Trinajstić information content (AvgIpc) is 2.86. The summed E-state index contributed by atoms with van der Waals surface area (Å²) in [5, 5.41) is 9.50. The predicted octanol–water partition coefficient (Wildman–Crippen LogP) is 3.13. The molecular weight excluding hydrogens is 278 g/mol. The van der Waals surface area contributed by atoms with Crippen molar-refractivity contribution in [3.05, 3.63) is 48.3 Å². The van der Waals surface area contributed by atoms with Crippen LogP contribution in [0.1, 0.15) is 17.4 Å². The van der Waals surface area contributed by atoms with Crippen LogP contribution in [-0.4, -0.2) is 28.6 Å². The minimum absolute atomic E-state index is 0.0433. The fraction of sp³-hybridized carbons (Fsp3) is 0.267. The van der Waals surface area contributed by atoms with Gasteiger partial charge in [-0.15, -0.1) is 0 Å². The smallest absolute Gasteiger partial charge is 0.274 e. The number of phenolic OH excluding ortho intramolecular Hbond substituents is 1. The molecule has 0 saturated heterocycles. The SMILES string of the molecule is CCN(C(=O)c1cccn1CC(F)F)c1cccc(O)c1. The molecule has 1 heterocycles. The first-order chi connectivity index (χ1) is 10.0. The topological polar surface area (TPSA) is 45.5 Å². The first kappa shape index (κ1) is 15.0. The molecule has 4 nitrogen and oxygen atoms in total. The van der Waals surface area contributed by atoms with Crippen molar-refractivity contribution < 1.29 is 18.7 Å². The molecule has 1 amide bonds. The van der Waals surface area contributed by atoms with Crippen LogP contribution in [0.2, 0.25) is 0 Å². The number of nitrogens with zero attached hydrogens (tertiary/aromatic N) is 2. The van der Waals surface area contributed by atoms with E-state index < -0.39 is 13.0 Å². The van der Waals surface area contributed by atoms with Crippen LogP contribution in [0.15, 0.2) is 42.6 Å². The zero-order chi connectivity index (χ0) is 15.4. The number of hydrogen-bond acceptors (Lipinski definition) is 2. The summed E-state index contributed by atoms with van der Waals surface area (Å²) in [7, 11) is 0. The summed E-state index contributed by atoms with van der Waals surface area (Å²) in [4.78, 5) is 14.0. The number of amides is 1. The zero-order valence-corrected chi connectivity index (χ0v) is 11.5. The molecule has 1 N–H and O–H groups in total. The number of phenols is 1. The number of hydrogen-bond donors (Lipinski definition) is 1. The minimum Gasteiger partial charge on any atom is -0.508 e. The van der Waals surface area contributed by atoms with Gasteiger partial charge in [0, 0.05) is 24.5 Å². The molecular formula is C15H16F2N2O2. The van der Waals surface area contributed by atoms with E-state index >= 15 is 0 Å². The molecule has 0 bridgehead atoms. The van der Waals surface area contributed by atoms with E-state index in [-0.39, 0.29) is 17.4 Å². The summed E-state index contributed by atoms with van der Waals surface area (Å²) in [6.07, 6.45) is -1.07. The molecule has 0 radical (unpaired) electrons. The number of carbonyl (C=O) groups is 1. The molecule has 0 saturated carbocycles. The summed E-state index contributed by atoms with van der Waals surface area (Å²) in [6, 6.07) is 9.34. The lowest BCUT2D eigenvalue weighted by molar-refractivity contribution is 0.0964. The Bertz CT molecular complexity index is 626. The first-order valence-electron chi connectivity index (χ1n) is 6.57. The molecule has 0 spiro atoms. The van der Waals surface area contributed by atoms with Crippen LogP contribution < -0.4 is 4.90 Å². The van der Waals surface area contributed by atoms with Crippen molar-refractivity contribution in [2.24, 2.45) is 0 Å². The molecule has 0 unspecified atom stereocenters. The Morgan fingerprint density at radius 3 is 2.71 bits per heavy atom. The second-order valence-corrected chi connectivity index (χ2v) is 4.51. The molecule has 112 valence electrons. The number of carbonyl (C=O) groups excluding carboxylic acids is 1. The van der Waals surface area contributed by atoms with Crippen LogP contribution in [0.4, 0.5) is 14.5 Å². The van der Waals surface area contributed by atoms with E-state index in [2.05, 4.69) is 0 Å². The van der Waals surface area contributed by atoms with Gasteiger partial charge in [-0.25, -0.2) is 8.78 Å². The summed E-state index contributed by atoms with van der Waals surface area (Å²) >= 11 is 0. The highest BCUT2D eigenvalue weighted by Crippen LogP contribution is 2.22. The maximum atomic E-state index is 12.5. The number of aromatic hydroxyl groups is 1. The number of halogens is 2. The van der Waals surface area contributed by atoms with E-state index in [4.69, 9.17) is 0 Å². The predicted molar refractivity (Wildman–Crippen MR) is 75.9 cm³/mol. The highest BCUT2D eigenvalue weighted by atomic mass is 19.3. The fourth-order valence-corrected chi connectivity index (χ4v) is 2.16. The molecule has 0 aliphatic rings. The molecule has 0 aliphatic carbocycles. The molecule has 1 aromatic heterocycles. The summed E-state index contributed by atoms with van der Waals surface area (Å²) in [5.41, 5.74) is 0.716. The Morgan fingerprint density at radius 1 is 1.33 bits per heavy atom. The third-order valence-electron chi connectivity index (χ3n) is 3.09. The zero-order valence-electron chi connectivity index (χ0n) is 11.5. The van der Waals surface area contributed by atoms with E-state index in [0.29, 0.717) is 12.2 Å². The number of alkyl halides is 2. The monoisotopic (exact) mass is 294 g/mol. The number of rotatable bonds is 5. The molecule has 6 heteroatoms. The van der Waals surface area contributed by atoms with Crippen LogP contribution >= 0.6 is 0 Å². The van der Waals surface area contributed by atoms with Crippen molar-refractivity contribution in [1.82, 2.24) is 4.57 Å². The van der Waals surface area contributed by atoms with Gasteiger partial charge < -0.3 is 14.6 Å². The molecule has 0 fully saturated rings. The van der Waals surface area contributed by atoms with Crippen molar-refractivity contribution in [3.63, 3.8) is 0 Å².